The maximum Gasteiger partial charge on any atom is 0.211 e. The van der Waals surface area contributed by atoms with Gasteiger partial charge in [0.15, 0.2) is 0 Å². The number of hydrogen-bond acceptors (Lipinski definition) is 0. The summed E-state index contributed by atoms with van der Waals surface area (Å²) in [6.45, 7) is 13.8. The maximum absolute atomic E-state index is 12.4. The van der Waals surface area contributed by atoms with Gasteiger partial charge in [0, 0.05) is 22.3 Å². The van der Waals surface area contributed by atoms with Crippen LogP contribution in [-0.2, 0) is 25.7 Å². The summed E-state index contributed by atoms with van der Waals surface area (Å²) < 4.78 is 1.64. The minimum Gasteiger partial charge on any atom is -0.493 e. The first kappa shape index (κ1) is 41.9. The van der Waals surface area contributed by atoms with E-state index >= 15 is 0 Å². The predicted molar refractivity (Wildman–Crippen MR) is 221 cm³/mol. The van der Waals surface area contributed by atoms with Crippen LogP contribution in [-0.4, -0.2) is 4.70 Å². The summed E-state index contributed by atoms with van der Waals surface area (Å²) in [6.07, 6.45) is 32.1. The van der Waals surface area contributed by atoms with Gasteiger partial charge in [-0.2, -0.15) is 0 Å². The van der Waals surface area contributed by atoms with Gasteiger partial charge in [-0.25, -0.2) is 4.70 Å². The predicted octanol–water partition coefficient (Wildman–Crippen LogP) is 15.7. The Hall–Kier alpha value is -2.48. The van der Waals surface area contributed by atoms with Crippen molar-refractivity contribution in [3.63, 3.8) is 0 Å². The molecule has 3 rings (SSSR count). The molecule has 0 bridgehead atoms. The van der Waals surface area contributed by atoms with Crippen LogP contribution in [0.4, 0.5) is 0 Å². The summed E-state index contributed by atoms with van der Waals surface area (Å²) in [5.74, 6) is 0. The smallest absolute Gasteiger partial charge is 0.211 e. The van der Waals surface area contributed by atoms with Crippen molar-refractivity contribution < 1.29 is 4.70 Å². The number of hydrogen-bond donors (Lipinski definition) is 0. The lowest BCUT2D eigenvalue weighted by Gasteiger charge is -2.15. The Balaban J connectivity index is 2.02. The molecule has 1 aliphatic rings. The highest BCUT2D eigenvalue weighted by molar-refractivity contribution is 5.82. The van der Waals surface area contributed by atoms with E-state index in [0.29, 0.717) is 0 Å². The third-order valence-corrected chi connectivity index (χ3v) is 10.9. The van der Waals surface area contributed by atoms with Gasteiger partial charge in [0.05, 0.1) is 0 Å². The SMILES string of the molecule is CCCCCCCCc1cc(CCCCC)cc(C2=C(CC)C(CCCC)=C(c3cc(CCCCC)cc(CCCCCCCC)c3)[N+]2=[N-])c1. The number of unbranched alkanes of at least 4 members (excludes halogenated alkanes) is 15. The van der Waals surface area contributed by atoms with E-state index in [2.05, 4.69) is 77.9 Å². The van der Waals surface area contributed by atoms with Crippen molar-refractivity contribution in [1.82, 2.24) is 0 Å². The molecule has 0 saturated heterocycles. The van der Waals surface area contributed by atoms with Gasteiger partial charge in [0.1, 0.15) is 0 Å². The monoisotopic (exact) mass is 681 g/mol. The van der Waals surface area contributed by atoms with Crippen LogP contribution in [0.1, 0.15) is 216 Å². The van der Waals surface area contributed by atoms with Crippen LogP contribution >= 0.6 is 0 Å². The van der Waals surface area contributed by atoms with Gasteiger partial charge in [-0.1, -0.05) is 150 Å². The molecule has 2 nitrogen and oxygen atoms in total. The van der Waals surface area contributed by atoms with E-state index < -0.39 is 0 Å². The van der Waals surface area contributed by atoms with Crippen molar-refractivity contribution in [2.75, 3.05) is 0 Å². The first-order chi connectivity index (χ1) is 24.5. The molecule has 0 saturated carbocycles. The van der Waals surface area contributed by atoms with E-state index in [1.54, 1.807) is 4.70 Å². The lowest BCUT2D eigenvalue weighted by atomic mass is 9.91. The van der Waals surface area contributed by atoms with Crippen molar-refractivity contribution in [2.45, 2.75) is 208 Å². The number of aryl methyl sites for hydroxylation is 4. The molecule has 0 amide bonds. The second kappa shape index (κ2) is 24.7. The second-order valence-corrected chi connectivity index (χ2v) is 15.4. The molecule has 0 spiro atoms. The van der Waals surface area contributed by atoms with Crippen LogP contribution in [0, 0.1) is 0 Å². The topological polar surface area (TPSA) is 25.3 Å². The van der Waals surface area contributed by atoms with Crippen LogP contribution in [0.25, 0.3) is 16.9 Å². The molecule has 0 radical (unpaired) electrons. The van der Waals surface area contributed by atoms with E-state index in [9.17, 15) is 5.53 Å². The Kier molecular flexibility index (Phi) is 20.7. The van der Waals surface area contributed by atoms with Crippen molar-refractivity contribution in [3.05, 3.63) is 86.5 Å². The zero-order chi connectivity index (χ0) is 36.0. The minimum atomic E-state index is 0.933. The van der Waals surface area contributed by atoms with Crippen molar-refractivity contribution >= 4 is 11.4 Å². The molecule has 1 aliphatic heterocycles. The highest BCUT2D eigenvalue weighted by Crippen LogP contribution is 2.44. The quantitative estimate of drug-likeness (QED) is 0.0631. The molecule has 2 aromatic rings. The largest absolute Gasteiger partial charge is 0.493 e. The molecule has 2 heteroatoms. The van der Waals surface area contributed by atoms with Gasteiger partial charge in [0.25, 0.3) is 0 Å². The Labute approximate surface area is 310 Å². The molecule has 0 fully saturated rings. The fraction of sp³-hybridized carbons (Fsp3) is 0.667. The molecule has 50 heavy (non-hydrogen) atoms. The third kappa shape index (κ3) is 13.6. The lowest BCUT2D eigenvalue weighted by molar-refractivity contribution is -0.345. The van der Waals surface area contributed by atoms with E-state index in [4.69, 9.17) is 0 Å². The maximum atomic E-state index is 12.4. The molecule has 0 atom stereocenters. The molecule has 0 aliphatic carbocycles. The molecular formula is C48H76N2. The van der Waals surface area contributed by atoms with Crippen molar-refractivity contribution in [2.24, 2.45) is 0 Å². The van der Waals surface area contributed by atoms with Crippen LogP contribution in [0.15, 0.2) is 47.5 Å². The average Bonchev–Trinajstić information content (AvgIpc) is 3.41. The molecule has 278 valence electrons. The standard InChI is InChI=1S/C48H76N2/c1-7-13-18-20-22-26-30-41-33-39(28-24-15-9-3)35-43(36-41)47-45(12-6)46(32-17-11-5)48(50(47)49)44-37-40(29-25-16-10-4)34-42(38-44)31-27-23-21-19-14-8-2/h33-38H,7-32H2,1-6H3. The van der Waals surface area contributed by atoms with E-state index in [1.807, 2.05) is 0 Å². The van der Waals surface area contributed by atoms with Gasteiger partial charge in [-0.05, 0) is 117 Å². The number of benzene rings is 2. The lowest BCUT2D eigenvalue weighted by Crippen LogP contribution is -2.05. The van der Waals surface area contributed by atoms with Crippen molar-refractivity contribution in [3.8, 4) is 0 Å². The molecule has 0 unspecified atom stereocenters. The molecule has 0 aromatic heterocycles. The number of rotatable bonds is 28. The summed E-state index contributed by atoms with van der Waals surface area (Å²) >= 11 is 0. The first-order valence-corrected chi connectivity index (χ1v) is 21.7. The third-order valence-electron chi connectivity index (χ3n) is 10.9. The average molecular weight is 681 g/mol. The summed E-state index contributed by atoms with van der Waals surface area (Å²) in [6, 6.07) is 14.7. The summed E-state index contributed by atoms with van der Waals surface area (Å²) in [7, 11) is 0. The summed E-state index contributed by atoms with van der Waals surface area (Å²) in [5.41, 5.74) is 25.5. The van der Waals surface area contributed by atoms with E-state index in [0.717, 1.165) is 62.8 Å². The van der Waals surface area contributed by atoms with Gasteiger partial charge in [-0.3, -0.25) is 0 Å². The zero-order valence-corrected chi connectivity index (χ0v) is 33.7. The van der Waals surface area contributed by atoms with Gasteiger partial charge in [-0.15, -0.1) is 0 Å². The molecule has 1 heterocycles. The van der Waals surface area contributed by atoms with Gasteiger partial charge in [0.2, 0.25) is 11.4 Å². The first-order valence-electron chi connectivity index (χ1n) is 21.7. The number of nitrogens with zero attached hydrogens (tertiary/aromatic N) is 2. The molecule has 2 aromatic carbocycles. The van der Waals surface area contributed by atoms with Gasteiger partial charge >= 0.3 is 0 Å². The Morgan fingerprint density at radius 3 is 1.06 bits per heavy atom. The summed E-state index contributed by atoms with van der Waals surface area (Å²) in [4.78, 5) is 0. The Morgan fingerprint density at radius 1 is 0.360 bits per heavy atom. The fourth-order valence-electron chi connectivity index (χ4n) is 8.00. The van der Waals surface area contributed by atoms with E-state index in [1.165, 1.54) is 160 Å². The highest BCUT2D eigenvalue weighted by Gasteiger charge is 2.35. The number of allylic oxidation sites excluding steroid dienone is 2. The van der Waals surface area contributed by atoms with Crippen LogP contribution in [0.3, 0.4) is 0 Å². The minimum absolute atomic E-state index is 0.933. The second-order valence-electron chi connectivity index (χ2n) is 15.4. The van der Waals surface area contributed by atoms with E-state index in [-0.39, 0.29) is 0 Å². The Morgan fingerprint density at radius 2 is 0.680 bits per heavy atom. The van der Waals surface area contributed by atoms with Gasteiger partial charge < -0.3 is 5.53 Å². The normalized spacial score (nSPS) is 13.4. The molecular weight excluding hydrogens is 605 g/mol. The molecule has 0 N–H and O–H groups in total. The zero-order valence-electron chi connectivity index (χ0n) is 33.7. The van der Waals surface area contributed by atoms with Crippen LogP contribution in [0.2, 0.25) is 0 Å². The van der Waals surface area contributed by atoms with Crippen molar-refractivity contribution in [1.29, 1.82) is 0 Å². The fourth-order valence-corrected chi connectivity index (χ4v) is 8.00. The highest BCUT2D eigenvalue weighted by atomic mass is 15.2. The Bertz CT molecular complexity index is 1340. The van der Waals surface area contributed by atoms with Crippen LogP contribution in [0.5, 0.6) is 0 Å². The summed E-state index contributed by atoms with van der Waals surface area (Å²) in [5, 5.41) is 0. The van der Waals surface area contributed by atoms with Crippen LogP contribution < -0.4 is 0 Å².